The number of aryl methyl sites for hydroxylation is 1. The number of hydrogen-bond acceptors (Lipinski definition) is 6. The van der Waals surface area contributed by atoms with E-state index in [1.54, 1.807) is 25.1 Å². The van der Waals surface area contributed by atoms with Crippen molar-refractivity contribution >= 4 is 17.5 Å². The normalized spacial score (nSPS) is 12.1. The molecule has 0 unspecified atom stereocenters. The van der Waals surface area contributed by atoms with Crippen LogP contribution in [-0.4, -0.2) is 39.2 Å². The first-order valence-electron chi connectivity index (χ1n) is 12.6. The second kappa shape index (κ2) is 10.0. The molecule has 0 fully saturated rings. The van der Waals surface area contributed by atoms with Gasteiger partial charge in [-0.3, -0.25) is 4.57 Å². The van der Waals surface area contributed by atoms with E-state index in [-0.39, 0.29) is 5.69 Å². The maximum Gasteiger partial charge on any atom is 0.327 e. The van der Waals surface area contributed by atoms with E-state index in [0.29, 0.717) is 41.9 Å². The molecule has 2 aromatic heterocycles. The van der Waals surface area contributed by atoms with Gasteiger partial charge in [-0.15, -0.1) is 0 Å². The van der Waals surface area contributed by atoms with Crippen molar-refractivity contribution in [2.24, 2.45) is 4.99 Å². The van der Waals surface area contributed by atoms with Gasteiger partial charge in [0.2, 0.25) is 0 Å². The molecule has 39 heavy (non-hydrogen) atoms. The van der Waals surface area contributed by atoms with Crippen molar-refractivity contribution in [3.05, 3.63) is 112 Å². The average molecular weight is 521 g/mol. The minimum absolute atomic E-state index is 0.232. The smallest absolute Gasteiger partial charge is 0.327 e. The summed E-state index contributed by atoms with van der Waals surface area (Å²) in [6.45, 7) is 2.97. The standard InChI is InChI=1S/C30H28N6O3/c1-19-4-10-22(11-5-19)27-33-28-25(31-18-35(28)16-20-6-12-23(38-2)13-7-20)26-29(34-27)36(30(37)32-26)17-21-8-14-24(39-3)15-9-21/h4-15,18H,16-17H2,1-3H3,(H,32,37)(H,33,34). The van der Waals surface area contributed by atoms with E-state index in [2.05, 4.69) is 10.3 Å². The van der Waals surface area contributed by atoms with Crippen LogP contribution in [0.1, 0.15) is 22.3 Å². The highest BCUT2D eigenvalue weighted by molar-refractivity contribution is 6.12. The minimum Gasteiger partial charge on any atom is -0.497 e. The number of anilines is 1. The van der Waals surface area contributed by atoms with Gasteiger partial charge in [-0.05, 0) is 42.3 Å². The molecule has 0 bridgehead atoms. The number of imidazole rings is 2. The molecule has 0 spiro atoms. The lowest BCUT2D eigenvalue weighted by Crippen LogP contribution is -2.22. The third-order valence-corrected chi connectivity index (χ3v) is 6.82. The summed E-state index contributed by atoms with van der Waals surface area (Å²) in [6.07, 6.45) is 1.76. The zero-order valence-corrected chi connectivity index (χ0v) is 21.9. The summed E-state index contributed by atoms with van der Waals surface area (Å²) in [5.41, 5.74) is 5.07. The summed E-state index contributed by atoms with van der Waals surface area (Å²) in [6, 6.07) is 23.7. The number of methoxy groups -OCH3 is 2. The van der Waals surface area contributed by atoms with E-state index in [0.717, 1.165) is 33.8 Å². The summed E-state index contributed by atoms with van der Waals surface area (Å²) >= 11 is 0. The summed E-state index contributed by atoms with van der Waals surface area (Å²) in [5, 5.41) is 3.45. The number of H-pyrrole nitrogens is 1. The van der Waals surface area contributed by atoms with Crippen LogP contribution in [0.4, 0.5) is 11.6 Å². The van der Waals surface area contributed by atoms with Crippen LogP contribution in [0.3, 0.4) is 0 Å². The number of aliphatic imine (C=N–C) groups is 1. The zero-order valence-electron chi connectivity index (χ0n) is 21.9. The molecule has 3 aromatic carbocycles. The van der Waals surface area contributed by atoms with E-state index in [9.17, 15) is 4.79 Å². The van der Waals surface area contributed by atoms with Gasteiger partial charge < -0.3 is 24.3 Å². The average Bonchev–Trinajstić information content (AvgIpc) is 3.43. The lowest BCUT2D eigenvalue weighted by atomic mass is 10.1. The highest BCUT2D eigenvalue weighted by atomic mass is 16.5. The van der Waals surface area contributed by atoms with Gasteiger partial charge in [-0.2, -0.15) is 0 Å². The van der Waals surface area contributed by atoms with Crippen LogP contribution in [-0.2, 0) is 13.1 Å². The second-order valence-corrected chi connectivity index (χ2v) is 9.43. The molecule has 0 amide bonds. The van der Waals surface area contributed by atoms with Gasteiger partial charge in [0, 0.05) is 5.56 Å². The molecule has 0 saturated carbocycles. The molecule has 0 radical (unpaired) electrons. The Morgan fingerprint density at radius 1 is 0.821 bits per heavy atom. The molecule has 0 aliphatic carbocycles. The van der Waals surface area contributed by atoms with Crippen molar-refractivity contribution in [3.8, 4) is 22.9 Å². The number of aromatic amines is 1. The van der Waals surface area contributed by atoms with E-state index < -0.39 is 0 Å². The van der Waals surface area contributed by atoms with Gasteiger partial charge in [0.15, 0.2) is 5.82 Å². The van der Waals surface area contributed by atoms with Gasteiger partial charge in [0.1, 0.15) is 34.5 Å². The Labute approximate surface area is 225 Å². The Bertz CT molecular complexity index is 1710. The summed E-state index contributed by atoms with van der Waals surface area (Å²) in [7, 11) is 3.28. The largest absolute Gasteiger partial charge is 0.497 e. The molecule has 1 aliphatic heterocycles. The molecule has 0 saturated heterocycles. The molecule has 1 aliphatic rings. The van der Waals surface area contributed by atoms with E-state index in [1.165, 1.54) is 0 Å². The Morgan fingerprint density at radius 2 is 1.44 bits per heavy atom. The first kappa shape index (κ1) is 24.3. The highest BCUT2D eigenvalue weighted by Gasteiger charge is 2.27. The predicted octanol–water partition coefficient (Wildman–Crippen LogP) is 4.97. The minimum atomic E-state index is -0.232. The number of nitrogens with one attached hydrogen (secondary N) is 2. The fourth-order valence-corrected chi connectivity index (χ4v) is 4.64. The van der Waals surface area contributed by atoms with E-state index in [1.807, 2.05) is 84.3 Å². The molecule has 196 valence electrons. The van der Waals surface area contributed by atoms with Crippen molar-refractivity contribution < 1.29 is 9.47 Å². The van der Waals surface area contributed by atoms with Gasteiger partial charge >= 0.3 is 5.69 Å². The molecule has 5 aromatic rings. The zero-order chi connectivity index (χ0) is 26.9. The Kier molecular flexibility index (Phi) is 6.24. The number of hydrogen-bond donors (Lipinski definition) is 2. The van der Waals surface area contributed by atoms with Gasteiger partial charge in [-0.1, -0.05) is 54.1 Å². The van der Waals surface area contributed by atoms with Crippen molar-refractivity contribution in [1.82, 2.24) is 19.1 Å². The molecule has 2 N–H and O–H groups in total. The van der Waals surface area contributed by atoms with Gasteiger partial charge in [0.05, 0.1) is 33.6 Å². The number of aromatic nitrogens is 4. The lowest BCUT2D eigenvalue weighted by molar-refractivity contribution is 0.414. The quantitative estimate of drug-likeness (QED) is 0.316. The first-order valence-corrected chi connectivity index (χ1v) is 12.6. The maximum absolute atomic E-state index is 13.3. The fourth-order valence-electron chi connectivity index (χ4n) is 4.64. The van der Waals surface area contributed by atoms with Crippen LogP contribution >= 0.6 is 0 Å². The number of rotatable bonds is 7. The summed E-state index contributed by atoms with van der Waals surface area (Å²) in [5.74, 6) is 3.47. The molecule has 9 heteroatoms. The maximum atomic E-state index is 13.3. The number of fused-ring (bicyclic) bond motifs is 3. The van der Waals surface area contributed by atoms with Crippen LogP contribution < -0.4 is 20.5 Å². The number of nitrogens with zero attached hydrogens (tertiary/aromatic N) is 4. The number of amidine groups is 1. The Hall–Kier alpha value is -5.05. The van der Waals surface area contributed by atoms with Crippen LogP contribution in [0, 0.1) is 6.92 Å². The summed E-state index contributed by atoms with van der Waals surface area (Å²) in [4.78, 5) is 26.0. The first-order chi connectivity index (χ1) is 19.0. The fraction of sp³-hybridized carbons (Fsp3) is 0.167. The number of benzene rings is 3. The highest BCUT2D eigenvalue weighted by Crippen LogP contribution is 2.36. The second-order valence-electron chi connectivity index (χ2n) is 9.43. The SMILES string of the molecule is COc1ccc(Cn2cnc3c2N=C(c2ccc(C)cc2)Nc2c-3[nH]c(=O)n2Cc2ccc(OC)cc2)cc1. The summed E-state index contributed by atoms with van der Waals surface area (Å²) < 4.78 is 14.2. The molecule has 0 atom stereocenters. The predicted molar refractivity (Wildman–Crippen MR) is 151 cm³/mol. The third-order valence-electron chi connectivity index (χ3n) is 6.82. The van der Waals surface area contributed by atoms with Crippen molar-refractivity contribution in [1.29, 1.82) is 0 Å². The topological polar surface area (TPSA) is 98.5 Å². The van der Waals surface area contributed by atoms with Crippen molar-refractivity contribution in [2.45, 2.75) is 20.0 Å². The van der Waals surface area contributed by atoms with Crippen molar-refractivity contribution in [2.75, 3.05) is 19.5 Å². The molecule has 3 heterocycles. The lowest BCUT2D eigenvalue weighted by Gasteiger charge is -2.13. The molecular formula is C30H28N6O3. The Morgan fingerprint density at radius 3 is 2.05 bits per heavy atom. The van der Waals surface area contributed by atoms with E-state index in [4.69, 9.17) is 19.5 Å². The van der Waals surface area contributed by atoms with Gasteiger partial charge in [0.25, 0.3) is 0 Å². The third kappa shape index (κ3) is 4.70. The van der Waals surface area contributed by atoms with Crippen molar-refractivity contribution in [3.63, 3.8) is 0 Å². The monoisotopic (exact) mass is 520 g/mol. The molecule has 6 rings (SSSR count). The van der Waals surface area contributed by atoms with Crippen LogP contribution in [0.25, 0.3) is 11.4 Å². The Balaban J connectivity index is 1.46. The molecular weight excluding hydrogens is 492 g/mol. The van der Waals surface area contributed by atoms with Crippen LogP contribution in [0.15, 0.2) is 88.9 Å². The molecule has 9 nitrogen and oxygen atoms in total. The number of ether oxygens (including phenoxy) is 2. The van der Waals surface area contributed by atoms with Crippen LogP contribution in [0.2, 0.25) is 0 Å². The van der Waals surface area contributed by atoms with Crippen LogP contribution in [0.5, 0.6) is 11.5 Å². The van der Waals surface area contributed by atoms with Gasteiger partial charge in [-0.25, -0.2) is 14.8 Å². The van der Waals surface area contributed by atoms with E-state index >= 15 is 0 Å².